The molecule has 0 amide bonds. The van der Waals surface area contributed by atoms with Crippen LogP contribution in [0.3, 0.4) is 0 Å². The Hall–Kier alpha value is -2.64. The molecule has 3 aromatic rings. The van der Waals surface area contributed by atoms with Crippen molar-refractivity contribution in [3.63, 3.8) is 0 Å². The van der Waals surface area contributed by atoms with E-state index in [0.29, 0.717) is 17.4 Å². The molecule has 0 aliphatic carbocycles. The summed E-state index contributed by atoms with van der Waals surface area (Å²) in [6, 6.07) is 0. The number of H-pyrrole nitrogens is 1. The highest BCUT2D eigenvalue weighted by Crippen LogP contribution is 2.24. The van der Waals surface area contributed by atoms with Crippen LogP contribution in [0.15, 0.2) is 12.5 Å². The zero-order chi connectivity index (χ0) is 14.8. The molecular formula is C13H18N8. The summed E-state index contributed by atoms with van der Waals surface area (Å²) < 4.78 is 1.79. The molecule has 21 heavy (non-hydrogen) atoms. The highest BCUT2D eigenvalue weighted by Gasteiger charge is 2.13. The summed E-state index contributed by atoms with van der Waals surface area (Å²) in [4.78, 5) is 16.1. The summed E-state index contributed by atoms with van der Waals surface area (Å²) >= 11 is 0. The van der Waals surface area contributed by atoms with Crippen molar-refractivity contribution in [1.82, 2.24) is 29.7 Å². The van der Waals surface area contributed by atoms with E-state index in [4.69, 9.17) is 0 Å². The normalized spacial score (nSPS) is 11.0. The molecule has 0 aliphatic heterocycles. The first-order valence-corrected chi connectivity index (χ1v) is 6.95. The number of anilines is 3. The van der Waals surface area contributed by atoms with Crippen molar-refractivity contribution in [3.05, 3.63) is 18.2 Å². The first-order chi connectivity index (χ1) is 10.2. The van der Waals surface area contributed by atoms with Gasteiger partial charge < -0.3 is 15.6 Å². The molecule has 0 saturated heterocycles. The van der Waals surface area contributed by atoms with Crippen LogP contribution in [-0.4, -0.2) is 36.3 Å². The van der Waals surface area contributed by atoms with E-state index in [9.17, 15) is 0 Å². The topological polar surface area (TPSA) is 96.3 Å². The second kappa shape index (κ2) is 5.39. The number of aromatic amines is 1. The zero-order valence-electron chi connectivity index (χ0n) is 12.3. The van der Waals surface area contributed by atoms with Gasteiger partial charge in [-0.25, -0.2) is 4.98 Å². The van der Waals surface area contributed by atoms with Gasteiger partial charge in [0.05, 0.1) is 17.7 Å². The Morgan fingerprint density at radius 3 is 2.90 bits per heavy atom. The first kappa shape index (κ1) is 13.3. The largest absolute Gasteiger partial charge is 0.354 e. The van der Waals surface area contributed by atoms with Crippen LogP contribution in [0.5, 0.6) is 0 Å². The van der Waals surface area contributed by atoms with Crippen molar-refractivity contribution >= 4 is 28.6 Å². The number of rotatable bonds is 5. The number of aryl methyl sites for hydroxylation is 2. The Kier molecular flexibility index (Phi) is 3.43. The third-order valence-corrected chi connectivity index (χ3v) is 3.11. The summed E-state index contributed by atoms with van der Waals surface area (Å²) in [7, 11) is 1.90. The Bertz CT molecular complexity index is 757. The fourth-order valence-corrected chi connectivity index (χ4v) is 2.19. The molecular weight excluding hydrogens is 268 g/mol. The molecule has 3 N–H and O–H groups in total. The second-order valence-electron chi connectivity index (χ2n) is 4.67. The minimum Gasteiger partial charge on any atom is -0.354 e. The van der Waals surface area contributed by atoms with E-state index in [-0.39, 0.29) is 0 Å². The highest BCUT2D eigenvalue weighted by molar-refractivity contribution is 5.86. The standard InChI is InChI=1S/C13H18N8/c1-4-8-9(6-21(3)20-8)17-12-10-11(16-7-15-10)18-13(19-12)14-5-2/h6-7H,4-5H2,1-3H3,(H3,14,15,16,17,18,19). The SMILES string of the molecule is CCNc1nc(Nc2cn(C)nc2CC)c2[nH]cnc2n1. The van der Waals surface area contributed by atoms with Gasteiger partial charge in [-0.3, -0.25) is 4.68 Å². The smallest absolute Gasteiger partial charge is 0.226 e. The Morgan fingerprint density at radius 1 is 1.29 bits per heavy atom. The van der Waals surface area contributed by atoms with E-state index >= 15 is 0 Å². The van der Waals surface area contributed by atoms with E-state index < -0.39 is 0 Å². The van der Waals surface area contributed by atoms with Gasteiger partial charge in [-0.15, -0.1) is 0 Å². The zero-order valence-corrected chi connectivity index (χ0v) is 12.3. The van der Waals surface area contributed by atoms with Crippen LogP contribution in [-0.2, 0) is 13.5 Å². The molecule has 0 bridgehead atoms. The maximum atomic E-state index is 4.50. The van der Waals surface area contributed by atoms with Crippen molar-refractivity contribution in [1.29, 1.82) is 0 Å². The minimum atomic E-state index is 0.557. The Morgan fingerprint density at radius 2 is 2.14 bits per heavy atom. The lowest BCUT2D eigenvalue weighted by Crippen LogP contribution is -2.05. The molecule has 0 spiro atoms. The lowest BCUT2D eigenvalue weighted by molar-refractivity contribution is 0.746. The molecule has 8 nitrogen and oxygen atoms in total. The third-order valence-electron chi connectivity index (χ3n) is 3.11. The third kappa shape index (κ3) is 2.51. The van der Waals surface area contributed by atoms with Crippen LogP contribution in [0.25, 0.3) is 11.2 Å². The first-order valence-electron chi connectivity index (χ1n) is 6.95. The average molecular weight is 286 g/mol. The predicted molar refractivity (Wildman–Crippen MR) is 81.7 cm³/mol. The van der Waals surface area contributed by atoms with E-state index in [0.717, 1.165) is 29.9 Å². The molecule has 3 aromatic heterocycles. The van der Waals surface area contributed by atoms with E-state index in [1.807, 2.05) is 20.2 Å². The van der Waals surface area contributed by atoms with Gasteiger partial charge in [0.1, 0.15) is 5.52 Å². The number of aromatic nitrogens is 6. The molecule has 110 valence electrons. The van der Waals surface area contributed by atoms with Gasteiger partial charge in [0, 0.05) is 19.8 Å². The lowest BCUT2D eigenvalue weighted by atomic mass is 10.3. The molecule has 0 radical (unpaired) electrons. The maximum Gasteiger partial charge on any atom is 0.226 e. The summed E-state index contributed by atoms with van der Waals surface area (Å²) in [5.74, 6) is 1.25. The van der Waals surface area contributed by atoms with Crippen molar-refractivity contribution < 1.29 is 0 Å². The molecule has 0 atom stereocenters. The van der Waals surface area contributed by atoms with Gasteiger partial charge in [0.2, 0.25) is 5.95 Å². The van der Waals surface area contributed by atoms with Crippen LogP contribution >= 0.6 is 0 Å². The molecule has 0 aromatic carbocycles. The summed E-state index contributed by atoms with van der Waals surface area (Å²) in [6.07, 6.45) is 4.40. The van der Waals surface area contributed by atoms with Gasteiger partial charge in [-0.1, -0.05) is 6.92 Å². The van der Waals surface area contributed by atoms with Gasteiger partial charge >= 0.3 is 0 Å². The summed E-state index contributed by atoms with van der Waals surface area (Å²) in [5, 5.41) is 10.9. The monoisotopic (exact) mass is 286 g/mol. The van der Waals surface area contributed by atoms with E-state index in [1.165, 1.54) is 0 Å². The van der Waals surface area contributed by atoms with Crippen molar-refractivity contribution in [2.24, 2.45) is 7.05 Å². The molecule has 8 heteroatoms. The molecule has 0 saturated carbocycles. The molecule has 3 rings (SSSR count). The molecule has 0 unspecified atom stereocenters. The van der Waals surface area contributed by atoms with Gasteiger partial charge in [0.15, 0.2) is 11.5 Å². The maximum absolute atomic E-state index is 4.50. The van der Waals surface area contributed by atoms with Crippen LogP contribution in [0, 0.1) is 0 Å². The highest BCUT2D eigenvalue weighted by atomic mass is 15.3. The molecule has 3 heterocycles. The average Bonchev–Trinajstić information content (AvgIpc) is 3.05. The van der Waals surface area contributed by atoms with E-state index in [1.54, 1.807) is 11.0 Å². The van der Waals surface area contributed by atoms with Gasteiger partial charge in [-0.05, 0) is 13.3 Å². The fourth-order valence-electron chi connectivity index (χ4n) is 2.19. The number of nitrogens with one attached hydrogen (secondary N) is 3. The fraction of sp³-hybridized carbons (Fsp3) is 0.385. The van der Waals surface area contributed by atoms with Crippen molar-refractivity contribution in [2.75, 3.05) is 17.2 Å². The van der Waals surface area contributed by atoms with Crippen LogP contribution in [0.4, 0.5) is 17.5 Å². The molecule has 0 fully saturated rings. The Balaban J connectivity index is 2.04. The quantitative estimate of drug-likeness (QED) is 0.662. The second-order valence-corrected chi connectivity index (χ2v) is 4.67. The predicted octanol–water partition coefficient (Wildman–Crippen LogP) is 1.82. The van der Waals surface area contributed by atoms with Crippen molar-refractivity contribution in [2.45, 2.75) is 20.3 Å². The van der Waals surface area contributed by atoms with Crippen LogP contribution in [0.1, 0.15) is 19.5 Å². The number of hydrogen-bond acceptors (Lipinski definition) is 6. The summed E-state index contributed by atoms with van der Waals surface area (Å²) in [5.41, 5.74) is 3.35. The Labute approximate surface area is 122 Å². The number of hydrogen-bond donors (Lipinski definition) is 3. The number of imidazole rings is 1. The summed E-state index contributed by atoms with van der Waals surface area (Å²) in [6.45, 7) is 4.83. The van der Waals surface area contributed by atoms with Gasteiger partial charge in [-0.2, -0.15) is 15.1 Å². The number of fused-ring (bicyclic) bond motifs is 1. The minimum absolute atomic E-state index is 0.557. The van der Waals surface area contributed by atoms with Gasteiger partial charge in [0.25, 0.3) is 0 Å². The van der Waals surface area contributed by atoms with Crippen molar-refractivity contribution in [3.8, 4) is 0 Å². The number of nitrogens with zero attached hydrogens (tertiary/aromatic N) is 5. The molecule has 0 aliphatic rings. The lowest BCUT2D eigenvalue weighted by Gasteiger charge is -2.08. The van der Waals surface area contributed by atoms with Crippen LogP contribution < -0.4 is 10.6 Å². The van der Waals surface area contributed by atoms with E-state index in [2.05, 4.69) is 42.6 Å². The van der Waals surface area contributed by atoms with Crippen LogP contribution in [0.2, 0.25) is 0 Å².